The van der Waals surface area contributed by atoms with Crippen LogP contribution >= 0.6 is 24.0 Å². The van der Waals surface area contributed by atoms with Gasteiger partial charge in [0.1, 0.15) is 0 Å². The van der Waals surface area contributed by atoms with Gasteiger partial charge in [-0.1, -0.05) is 19.1 Å². The maximum atomic E-state index is 11.9. The normalized spacial score (nSPS) is 10.4. The molecule has 1 aromatic carbocycles. The number of aryl methyl sites for hydroxylation is 1. The smallest absolute Gasteiger partial charge is 0.224 e. The van der Waals surface area contributed by atoms with Crippen LogP contribution in [0.3, 0.4) is 0 Å². The fraction of sp³-hybridized carbons (Fsp3) is 0.267. The van der Waals surface area contributed by atoms with Crippen LogP contribution in [0.5, 0.6) is 0 Å². The molecular weight excluding hydrogens is 274 g/mol. The van der Waals surface area contributed by atoms with Crippen molar-refractivity contribution in [3.63, 3.8) is 0 Å². The van der Waals surface area contributed by atoms with Gasteiger partial charge in [-0.15, -0.1) is 24.0 Å². The SMILES string of the molecule is CCc1ccsc1CNC(=O)Cc1ccc(S)cc1. The van der Waals surface area contributed by atoms with Gasteiger partial charge in [0.15, 0.2) is 0 Å². The molecule has 19 heavy (non-hydrogen) atoms. The van der Waals surface area contributed by atoms with Gasteiger partial charge in [0.05, 0.1) is 13.0 Å². The van der Waals surface area contributed by atoms with Crippen LogP contribution in [0.2, 0.25) is 0 Å². The second kappa shape index (κ2) is 6.78. The lowest BCUT2D eigenvalue weighted by Gasteiger charge is -2.06. The molecule has 0 unspecified atom stereocenters. The van der Waals surface area contributed by atoms with Crippen molar-refractivity contribution in [2.24, 2.45) is 0 Å². The minimum atomic E-state index is 0.0577. The van der Waals surface area contributed by atoms with Gasteiger partial charge in [-0.05, 0) is 41.1 Å². The van der Waals surface area contributed by atoms with E-state index in [4.69, 9.17) is 0 Å². The topological polar surface area (TPSA) is 29.1 Å². The average Bonchev–Trinajstić information content (AvgIpc) is 2.86. The van der Waals surface area contributed by atoms with Crippen LogP contribution in [0.4, 0.5) is 0 Å². The maximum Gasteiger partial charge on any atom is 0.224 e. The van der Waals surface area contributed by atoms with E-state index < -0.39 is 0 Å². The number of nitrogens with one attached hydrogen (secondary N) is 1. The van der Waals surface area contributed by atoms with E-state index in [0.29, 0.717) is 13.0 Å². The fourth-order valence-electron chi connectivity index (χ4n) is 1.88. The predicted octanol–water partition coefficient (Wildman–Crippen LogP) is 3.46. The minimum Gasteiger partial charge on any atom is -0.351 e. The van der Waals surface area contributed by atoms with E-state index in [-0.39, 0.29) is 5.91 Å². The predicted molar refractivity (Wildman–Crippen MR) is 82.9 cm³/mol. The standard InChI is InChI=1S/C15H17NOS2/c1-2-12-7-8-19-14(12)10-16-15(17)9-11-3-5-13(18)6-4-11/h3-8,18H,2,9-10H2,1H3,(H,16,17). The molecule has 1 N–H and O–H groups in total. The summed E-state index contributed by atoms with van der Waals surface area (Å²) in [5, 5.41) is 5.05. The van der Waals surface area contributed by atoms with Gasteiger partial charge in [-0.2, -0.15) is 0 Å². The molecule has 0 saturated carbocycles. The molecule has 1 amide bonds. The number of thiophene rings is 1. The van der Waals surface area contributed by atoms with Gasteiger partial charge >= 0.3 is 0 Å². The molecule has 0 radical (unpaired) electrons. The quantitative estimate of drug-likeness (QED) is 0.812. The van der Waals surface area contributed by atoms with Crippen LogP contribution in [0.15, 0.2) is 40.6 Å². The van der Waals surface area contributed by atoms with E-state index in [0.717, 1.165) is 16.9 Å². The lowest BCUT2D eigenvalue weighted by atomic mass is 10.1. The number of hydrogen-bond acceptors (Lipinski definition) is 3. The third kappa shape index (κ3) is 4.11. The number of hydrogen-bond donors (Lipinski definition) is 2. The molecule has 2 nitrogen and oxygen atoms in total. The zero-order chi connectivity index (χ0) is 13.7. The Labute approximate surface area is 123 Å². The highest BCUT2D eigenvalue weighted by atomic mass is 32.1. The second-order valence-electron chi connectivity index (χ2n) is 4.34. The van der Waals surface area contributed by atoms with Gasteiger partial charge in [-0.3, -0.25) is 4.79 Å². The van der Waals surface area contributed by atoms with E-state index in [2.05, 4.69) is 36.3 Å². The lowest BCUT2D eigenvalue weighted by molar-refractivity contribution is -0.120. The Balaban J connectivity index is 1.86. The molecule has 2 rings (SSSR count). The van der Waals surface area contributed by atoms with Crippen LogP contribution in [-0.4, -0.2) is 5.91 Å². The fourth-order valence-corrected chi connectivity index (χ4v) is 2.94. The molecule has 0 atom stereocenters. The number of amides is 1. The van der Waals surface area contributed by atoms with Gasteiger partial charge < -0.3 is 5.32 Å². The summed E-state index contributed by atoms with van der Waals surface area (Å²) in [6, 6.07) is 9.80. The van der Waals surface area contributed by atoms with Crippen molar-refractivity contribution in [2.75, 3.05) is 0 Å². The first-order valence-corrected chi connectivity index (χ1v) is 7.61. The van der Waals surface area contributed by atoms with Gasteiger partial charge in [0.2, 0.25) is 5.91 Å². The summed E-state index contributed by atoms with van der Waals surface area (Å²) in [5.41, 5.74) is 2.34. The first-order valence-electron chi connectivity index (χ1n) is 6.29. The molecule has 0 spiro atoms. The van der Waals surface area contributed by atoms with Crippen LogP contribution < -0.4 is 5.32 Å². The Hall–Kier alpha value is -1.26. The monoisotopic (exact) mass is 291 g/mol. The van der Waals surface area contributed by atoms with E-state index >= 15 is 0 Å². The first-order chi connectivity index (χ1) is 9.19. The van der Waals surface area contributed by atoms with Crippen molar-refractivity contribution < 1.29 is 4.79 Å². The zero-order valence-corrected chi connectivity index (χ0v) is 12.6. The molecule has 0 bridgehead atoms. The lowest BCUT2D eigenvalue weighted by Crippen LogP contribution is -2.24. The highest BCUT2D eigenvalue weighted by molar-refractivity contribution is 7.80. The summed E-state index contributed by atoms with van der Waals surface area (Å²) >= 11 is 5.93. The van der Waals surface area contributed by atoms with Crippen LogP contribution in [-0.2, 0) is 24.2 Å². The number of thiol groups is 1. The summed E-state index contributed by atoms with van der Waals surface area (Å²) in [6.45, 7) is 2.76. The van der Waals surface area contributed by atoms with E-state index in [1.165, 1.54) is 10.4 Å². The molecule has 0 fully saturated rings. The number of benzene rings is 1. The Morgan fingerprint density at radius 2 is 2.00 bits per heavy atom. The van der Waals surface area contributed by atoms with Crippen LogP contribution in [0, 0.1) is 0 Å². The van der Waals surface area contributed by atoms with Crippen molar-refractivity contribution in [3.8, 4) is 0 Å². The summed E-state index contributed by atoms with van der Waals surface area (Å²) in [7, 11) is 0. The molecule has 0 saturated heterocycles. The van der Waals surface area contributed by atoms with Crippen LogP contribution in [0.1, 0.15) is 22.9 Å². The summed E-state index contributed by atoms with van der Waals surface area (Å²) in [6.07, 6.45) is 1.43. The summed E-state index contributed by atoms with van der Waals surface area (Å²) in [4.78, 5) is 14.0. The zero-order valence-electron chi connectivity index (χ0n) is 10.8. The summed E-state index contributed by atoms with van der Waals surface area (Å²) < 4.78 is 0. The second-order valence-corrected chi connectivity index (χ2v) is 5.86. The molecule has 0 aliphatic rings. The molecule has 0 aliphatic carbocycles. The number of rotatable bonds is 5. The van der Waals surface area contributed by atoms with Crippen molar-refractivity contribution in [3.05, 3.63) is 51.7 Å². The number of carbonyl (C=O) groups is 1. The Bertz CT molecular complexity index is 546. The molecule has 1 heterocycles. The Morgan fingerprint density at radius 1 is 1.26 bits per heavy atom. The van der Waals surface area contributed by atoms with Crippen LogP contribution in [0.25, 0.3) is 0 Å². The van der Waals surface area contributed by atoms with Crippen molar-refractivity contribution in [1.29, 1.82) is 0 Å². The molecule has 100 valence electrons. The third-order valence-electron chi connectivity index (χ3n) is 2.97. The number of carbonyl (C=O) groups excluding carboxylic acids is 1. The molecule has 1 aromatic heterocycles. The van der Waals surface area contributed by atoms with Gasteiger partial charge in [-0.25, -0.2) is 0 Å². The highest BCUT2D eigenvalue weighted by Crippen LogP contribution is 2.17. The Kier molecular flexibility index (Phi) is 5.05. The Morgan fingerprint density at radius 3 is 2.68 bits per heavy atom. The van der Waals surface area contributed by atoms with Gasteiger partial charge in [0, 0.05) is 9.77 Å². The third-order valence-corrected chi connectivity index (χ3v) is 4.23. The van der Waals surface area contributed by atoms with E-state index in [1.807, 2.05) is 24.3 Å². The highest BCUT2D eigenvalue weighted by Gasteiger charge is 2.06. The van der Waals surface area contributed by atoms with E-state index in [9.17, 15) is 4.79 Å². The van der Waals surface area contributed by atoms with E-state index in [1.54, 1.807) is 11.3 Å². The van der Waals surface area contributed by atoms with Crippen molar-refractivity contribution in [1.82, 2.24) is 5.32 Å². The van der Waals surface area contributed by atoms with Gasteiger partial charge in [0.25, 0.3) is 0 Å². The molecule has 4 heteroatoms. The molecule has 2 aromatic rings. The van der Waals surface area contributed by atoms with Crippen molar-refractivity contribution in [2.45, 2.75) is 31.2 Å². The maximum absolute atomic E-state index is 11.9. The first kappa shape index (κ1) is 14.2. The summed E-state index contributed by atoms with van der Waals surface area (Å²) in [5.74, 6) is 0.0577. The molecular formula is C15H17NOS2. The largest absolute Gasteiger partial charge is 0.351 e. The van der Waals surface area contributed by atoms with Crippen molar-refractivity contribution >= 4 is 29.9 Å². The average molecular weight is 291 g/mol. The molecule has 0 aliphatic heterocycles. The minimum absolute atomic E-state index is 0.0577.